The number of hydrogen-bond donors (Lipinski definition) is 4. The zero-order valence-corrected chi connectivity index (χ0v) is 11.4. The topological polar surface area (TPSA) is 104 Å². The van der Waals surface area contributed by atoms with Crippen LogP contribution in [0.4, 0.5) is 5.82 Å². The highest BCUT2D eigenvalue weighted by atomic mass is 16.7. The van der Waals surface area contributed by atoms with Gasteiger partial charge in [-0.05, 0) is 19.1 Å². The second-order valence-corrected chi connectivity index (χ2v) is 4.78. The van der Waals surface area contributed by atoms with Crippen molar-refractivity contribution in [3.8, 4) is 0 Å². The van der Waals surface area contributed by atoms with E-state index < -0.39 is 37.3 Å². The van der Waals surface area contributed by atoms with Crippen molar-refractivity contribution in [3.05, 3.63) is 23.9 Å². The summed E-state index contributed by atoms with van der Waals surface area (Å²) in [6.45, 7) is 1.46. The van der Waals surface area contributed by atoms with Crippen LogP contribution in [0.1, 0.15) is 5.69 Å². The number of anilines is 1. The molecule has 20 heavy (non-hydrogen) atoms. The fourth-order valence-electron chi connectivity index (χ4n) is 2.23. The van der Waals surface area contributed by atoms with E-state index in [0.717, 1.165) is 5.69 Å². The number of pyridine rings is 1. The first-order valence-electron chi connectivity index (χ1n) is 6.42. The van der Waals surface area contributed by atoms with Gasteiger partial charge < -0.3 is 30.1 Å². The van der Waals surface area contributed by atoms with Crippen molar-refractivity contribution in [1.82, 2.24) is 4.98 Å². The van der Waals surface area contributed by atoms with Gasteiger partial charge in [-0.2, -0.15) is 0 Å². The Bertz CT molecular complexity index is 443. The van der Waals surface area contributed by atoms with Gasteiger partial charge in [-0.3, -0.25) is 0 Å². The van der Waals surface area contributed by atoms with E-state index in [2.05, 4.69) is 10.3 Å². The lowest BCUT2D eigenvalue weighted by atomic mass is 9.97. The zero-order chi connectivity index (χ0) is 14.7. The fourth-order valence-corrected chi connectivity index (χ4v) is 2.23. The molecule has 1 fully saturated rings. The summed E-state index contributed by atoms with van der Waals surface area (Å²) >= 11 is 0. The first-order chi connectivity index (χ1) is 9.56. The van der Waals surface area contributed by atoms with E-state index in [1.165, 1.54) is 7.11 Å². The minimum absolute atomic E-state index is 0.395. The SMILES string of the molecule is CO[C@@H]1O[C@H](CO)[C@H](O)[C@H](O)[C@H]1Nc1cccc(C)n1. The second kappa shape index (κ2) is 6.47. The fraction of sp³-hybridized carbons (Fsp3) is 0.615. The summed E-state index contributed by atoms with van der Waals surface area (Å²) in [6.07, 6.45) is -4.02. The highest BCUT2D eigenvalue weighted by molar-refractivity contribution is 5.37. The molecule has 5 atom stereocenters. The van der Waals surface area contributed by atoms with Crippen LogP contribution in [0, 0.1) is 6.92 Å². The predicted molar refractivity (Wildman–Crippen MR) is 71.2 cm³/mol. The molecule has 0 aliphatic carbocycles. The number of aryl methyl sites for hydroxylation is 1. The number of aliphatic hydroxyl groups excluding tert-OH is 3. The molecule has 0 aromatic carbocycles. The molecule has 1 aromatic rings. The Labute approximate surface area is 117 Å². The van der Waals surface area contributed by atoms with Gasteiger partial charge in [0.1, 0.15) is 30.2 Å². The molecule has 2 heterocycles. The molecule has 1 aliphatic rings. The Hall–Kier alpha value is -1.25. The number of rotatable bonds is 4. The first-order valence-corrected chi connectivity index (χ1v) is 6.42. The lowest BCUT2D eigenvalue weighted by Gasteiger charge is -2.41. The first kappa shape index (κ1) is 15.1. The molecule has 0 spiro atoms. The van der Waals surface area contributed by atoms with Crippen LogP contribution in [0.3, 0.4) is 0 Å². The van der Waals surface area contributed by atoms with E-state index in [-0.39, 0.29) is 0 Å². The number of nitrogens with one attached hydrogen (secondary N) is 1. The van der Waals surface area contributed by atoms with Gasteiger partial charge in [-0.25, -0.2) is 4.98 Å². The van der Waals surface area contributed by atoms with E-state index in [1.54, 1.807) is 6.07 Å². The average molecular weight is 284 g/mol. The van der Waals surface area contributed by atoms with Crippen molar-refractivity contribution in [2.24, 2.45) is 0 Å². The van der Waals surface area contributed by atoms with Gasteiger partial charge in [0.15, 0.2) is 6.29 Å². The maximum absolute atomic E-state index is 10.2. The molecule has 1 aromatic heterocycles. The number of nitrogens with zero attached hydrogens (tertiary/aromatic N) is 1. The van der Waals surface area contributed by atoms with Crippen molar-refractivity contribution in [1.29, 1.82) is 0 Å². The lowest BCUT2D eigenvalue weighted by molar-refractivity contribution is -0.254. The van der Waals surface area contributed by atoms with E-state index in [1.807, 2.05) is 19.1 Å². The molecule has 4 N–H and O–H groups in total. The number of ether oxygens (including phenoxy) is 2. The molecule has 0 bridgehead atoms. The third kappa shape index (κ3) is 3.08. The van der Waals surface area contributed by atoms with Gasteiger partial charge in [0.05, 0.1) is 6.61 Å². The van der Waals surface area contributed by atoms with Crippen molar-refractivity contribution in [2.45, 2.75) is 37.6 Å². The lowest BCUT2D eigenvalue weighted by Crippen LogP contribution is -2.61. The quantitative estimate of drug-likeness (QED) is 0.577. The molecule has 2 rings (SSSR count). The molecule has 0 unspecified atom stereocenters. The maximum atomic E-state index is 10.2. The van der Waals surface area contributed by atoms with Crippen molar-refractivity contribution in [3.63, 3.8) is 0 Å². The van der Waals surface area contributed by atoms with Crippen molar-refractivity contribution >= 4 is 5.82 Å². The molecule has 0 amide bonds. The second-order valence-electron chi connectivity index (χ2n) is 4.78. The number of methoxy groups -OCH3 is 1. The van der Waals surface area contributed by atoms with E-state index >= 15 is 0 Å². The summed E-state index contributed by atoms with van der Waals surface area (Å²) in [7, 11) is 1.43. The average Bonchev–Trinajstić information content (AvgIpc) is 2.44. The predicted octanol–water partition coefficient (Wildman–Crippen LogP) is -0.744. The van der Waals surface area contributed by atoms with Crippen LogP contribution < -0.4 is 5.32 Å². The minimum Gasteiger partial charge on any atom is -0.394 e. The highest BCUT2D eigenvalue weighted by Gasteiger charge is 2.44. The third-order valence-corrected chi connectivity index (χ3v) is 3.32. The van der Waals surface area contributed by atoms with E-state index in [9.17, 15) is 10.2 Å². The summed E-state index contributed by atoms with van der Waals surface area (Å²) in [5.41, 5.74) is 0.823. The van der Waals surface area contributed by atoms with Gasteiger partial charge in [0, 0.05) is 12.8 Å². The van der Waals surface area contributed by atoms with Crippen molar-refractivity contribution in [2.75, 3.05) is 19.0 Å². The normalized spacial score (nSPS) is 34.0. The summed E-state index contributed by atoms with van der Waals surface area (Å²) in [4.78, 5) is 4.27. The summed E-state index contributed by atoms with van der Waals surface area (Å²) in [5, 5.41) is 32.2. The number of aliphatic hydroxyl groups is 3. The number of hydrogen-bond acceptors (Lipinski definition) is 7. The van der Waals surface area contributed by atoms with E-state index in [4.69, 9.17) is 14.6 Å². The van der Waals surface area contributed by atoms with Crippen LogP contribution in [-0.2, 0) is 9.47 Å². The van der Waals surface area contributed by atoms with Crippen LogP contribution in [0.5, 0.6) is 0 Å². The Morgan fingerprint density at radius 2 is 2.10 bits per heavy atom. The number of aromatic nitrogens is 1. The van der Waals surface area contributed by atoms with Gasteiger partial charge in [0.2, 0.25) is 0 Å². The van der Waals surface area contributed by atoms with Gasteiger partial charge >= 0.3 is 0 Å². The molecule has 7 heteroatoms. The smallest absolute Gasteiger partial charge is 0.180 e. The van der Waals surface area contributed by atoms with Gasteiger partial charge in [-0.1, -0.05) is 6.07 Å². The molecular weight excluding hydrogens is 264 g/mol. The summed E-state index contributed by atoms with van der Waals surface area (Å²) < 4.78 is 10.6. The molecule has 1 aliphatic heterocycles. The Balaban J connectivity index is 2.15. The maximum Gasteiger partial charge on any atom is 0.180 e. The molecule has 1 saturated heterocycles. The Kier molecular flexibility index (Phi) is 4.90. The molecule has 112 valence electrons. The summed E-state index contributed by atoms with van der Waals surface area (Å²) in [6, 6.07) is 4.74. The van der Waals surface area contributed by atoms with Crippen molar-refractivity contribution < 1.29 is 24.8 Å². The highest BCUT2D eigenvalue weighted by Crippen LogP contribution is 2.24. The standard InChI is InChI=1S/C13H20N2O5/c1-7-4-3-5-9(14-7)15-10-12(18)11(17)8(6-16)20-13(10)19-2/h3-5,8,10-13,16-18H,6H2,1-2H3,(H,14,15)/t8-,10-,11+,12-,13-/m1/s1. The minimum atomic E-state index is -1.20. The van der Waals surface area contributed by atoms with Crippen LogP contribution in [0.25, 0.3) is 0 Å². The molecular formula is C13H20N2O5. The molecule has 7 nitrogen and oxygen atoms in total. The summed E-state index contributed by atoms with van der Waals surface area (Å²) in [5.74, 6) is 0.550. The Morgan fingerprint density at radius 3 is 2.70 bits per heavy atom. The molecule has 0 saturated carbocycles. The van der Waals surface area contributed by atoms with Crippen LogP contribution in [0.2, 0.25) is 0 Å². The van der Waals surface area contributed by atoms with E-state index in [0.29, 0.717) is 5.82 Å². The largest absolute Gasteiger partial charge is 0.394 e. The third-order valence-electron chi connectivity index (χ3n) is 3.32. The van der Waals surface area contributed by atoms with Crippen LogP contribution in [-0.4, -0.2) is 64.7 Å². The van der Waals surface area contributed by atoms with Gasteiger partial charge in [0.25, 0.3) is 0 Å². The van der Waals surface area contributed by atoms with Gasteiger partial charge in [-0.15, -0.1) is 0 Å². The molecule has 0 radical (unpaired) electrons. The monoisotopic (exact) mass is 284 g/mol. The van der Waals surface area contributed by atoms with Crippen LogP contribution >= 0.6 is 0 Å². The Morgan fingerprint density at radius 1 is 1.35 bits per heavy atom. The zero-order valence-electron chi connectivity index (χ0n) is 11.4. The van der Waals surface area contributed by atoms with Crippen LogP contribution in [0.15, 0.2) is 18.2 Å².